The first kappa shape index (κ1) is 24.9. The summed E-state index contributed by atoms with van der Waals surface area (Å²) in [6, 6.07) is 4.21. The van der Waals surface area contributed by atoms with Crippen molar-refractivity contribution in [2.75, 3.05) is 31.6 Å². The number of hydrogen-bond acceptors (Lipinski definition) is 9. The van der Waals surface area contributed by atoms with E-state index in [4.69, 9.17) is 17.0 Å². The maximum absolute atomic E-state index is 13.6. The molecule has 4 rings (SSSR count). The Morgan fingerprint density at radius 3 is 2.83 bits per heavy atom. The molecule has 35 heavy (non-hydrogen) atoms. The number of rotatable bonds is 6. The molecule has 0 radical (unpaired) electrons. The van der Waals surface area contributed by atoms with E-state index >= 15 is 0 Å². The molecule has 2 saturated heterocycles. The normalized spacial score (nSPS) is 19.7. The highest BCUT2D eigenvalue weighted by atomic mass is 32.2. The van der Waals surface area contributed by atoms with E-state index in [-0.39, 0.29) is 35.5 Å². The molecule has 0 aromatic carbocycles. The van der Waals surface area contributed by atoms with Gasteiger partial charge in [-0.05, 0) is 24.1 Å². The van der Waals surface area contributed by atoms with Crippen LogP contribution >= 0.6 is 24.0 Å². The van der Waals surface area contributed by atoms with Gasteiger partial charge in [-0.1, -0.05) is 43.9 Å². The summed E-state index contributed by atoms with van der Waals surface area (Å²) in [7, 11) is 1.25. The lowest BCUT2D eigenvalue weighted by molar-refractivity contribution is -0.143. The van der Waals surface area contributed by atoms with Crippen molar-refractivity contribution in [3.05, 3.63) is 45.2 Å². The van der Waals surface area contributed by atoms with Crippen molar-refractivity contribution in [3.63, 3.8) is 0 Å². The molecule has 2 aromatic rings. The Kier molecular flexibility index (Phi) is 7.22. The van der Waals surface area contributed by atoms with Gasteiger partial charge in [-0.15, -0.1) is 0 Å². The quantitative estimate of drug-likeness (QED) is 0.347. The third-order valence-electron chi connectivity index (χ3n) is 5.64. The van der Waals surface area contributed by atoms with Crippen molar-refractivity contribution in [2.45, 2.75) is 26.3 Å². The summed E-state index contributed by atoms with van der Waals surface area (Å²) >= 11 is 6.53. The van der Waals surface area contributed by atoms with Gasteiger partial charge >= 0.3 is 5.97 Å². The summed E-state index contributed by atoms with van der Waals surface area (Å²) < 4.78 is 6.58. The maximum atomic E-state index is 13.6. The predicted octanol–water partition coefficient (Wildman–Crippen LogP) is 1.42. The molecular weight excluding hydrogens is 490 g/mol. The molecule has 0 unspecified atom stereocenters. The second-order valence-electron chi connectivity index (χ2n) is 8.55. The largest absolute Gasteiger partial charge is 0.469 e. The first-order valence-electron chi connectivity index (χ1n) is 11.1. The van der Waals surface area contributed by atoms with E-state index in [0.717, 1.165) is 11.8 Å². The number of piperazine rings is 1. The standard InChI is InChI=1S/C23H25N5O5S2/c1-13(2)12-28-22(32)16(35-23(28)34)10-14-19(25-17-6-4-5-8-27(17)21(14)31)26-9-7-24-20(30)15(26)11-18(29)33-3/h4-6,8,10,13,15H,7,9,11-12H2,1-3H3,(H,24,30)/b16-10-/t15-/m0/s1. The monoisotopic (exact) mass is 515 g/mol. The summed E-state index contributed by atoms with van der Waals surface area (Å²) in [4.78, 5) is 59.6. The third kappa shape index (κ3) is 4.94. The minimum absolute atomic E-state index is 0.142. The van der Waals surface area contributed by atoms with E-state index in [1.54, 1.807) is 29.3 Å². The Morgan fingerprint density at radius 1 is 1.34 bits per heavy atom. The van der Waals surface area contributed by atoms with Crippen molar-refractivity contribution in [2.24, 2.45) is 5.92 Å². The number of pyridine rings is 1. The number of carbonyl (C=O) groups is 3. The highest BCUT2D eigenvalue weighted by Crippen LogP contribution is 2.34. The van der Waals surface area contributed by atoms with Gasteiger partial charge in [-0.25, -0.2) is 4.98 Å². The number of anilines is 1. The zero-order valence-electron chi connectivity index (χ0n) is 19.5. The van der Waals surface area contributed by atoms with Gasteiger partial charge in [0.15, 0.2) is 0 Å². The number of thiocarbonyl (C=S) groups is 1. The molecule has 1 N–H and O–H groups in total. The predicted molar refractivity (Wildman–Crippen MR) is 137 cm³/mol. The Hall–Kier alpha value is -3.25. The molecule has 2 fully saturated rings. The van der Waals surface area contributed by atoms with Crippen LogP contribution in [0.2, 0.25) is 0 Å². The lowest BCUT2D eigenvalue weighted by Crippen LogP contribution is -2.57. The summed E-state index contributed by atoms with van der Waals surface area (Å²) in [5.41, 5.74) is 0.116. The molecule has 2 aliphatic heterocycles. The topological polar surface area (TPSA) is 113 Å². The number of ether oxygens (including phenoxy) is 1. The van der Waals surface area contributed by atoms with Crippen molar-refractivity contribution < 1.29 is 19.1 Å². The highest BCUT2D eigenvalue weighted by Gasteiger charge is 2.36. The van der Waals surface area contributed by atoms with Gasteiger partial charge in [-0.2, -0.15) is 0 Å². The van der Waals surface area contributed by atoms with Gasteiger partial charge in [0.2, 0.25) is 5.91 Å². The number of nitrogens with one attached hydrogen (secondary N) is 1. The minimum Gasteiger partial charge on any atom is -0.469 e. The summed E-state index contributed by atoms with van der Waals surface area (Å²) in [5.74, 6) is -0.776. The van der Waals surface area contributed by atoms with Crippen LogP contribution in [-0.2, 0) is 19.1 Å². The van der Waals surface area contributed by atoms with Crippen LogP contribution in [0.5, 0.6) is 0 Å². The minimum atomic E-state index is -0.920. The van der Waals surface area contributed by atoms with Crippen LogP contribution in [0.1, 0.15) is 25.8 Å². The van der Waals surface area contributed by atoms with E-state index < -0.39 is 17.6 Å². The van der Waals surface area contributed by atoms with E-state index in [1.165, 1.54) is 22.5 Å². The Bertz CT molecular complexity index is 1300. The van der Waals surface area contributed by atoms with Crippen LogP contribution in [0.25, 0.3) is 11.7 Å². The molecule has 12 heteroatoms. The van der Waals surface area contributed by atoms with Crippen LogP contribution in [0.4, 0.5) is 5.82 Å². The molecule has 0 aliphatic carbocycles. The van der Waals surface area contributed by atoms with Gasteiger partial charge in [0.1, 0.15) is 21.8 Å². The lowest BCUT2D eigenvalue weighted by Gasteiger charge is -2.36. The number of hydrogen-bond donors (Lipinski definition) is 1. The fourth-order valence-electron chi connectivity index (χ4n) is 4.00. The van der Waals surface area contributed by atoms with Gasteiger partial charge in [0, 0.05) is 25.8 Å². The van der Waals surface area contributed by atoms with Gasteiger partial charge in [0.05, 0.1) is 24.0 Å². The molecular formula is C23H25N5O5S2. The van der Waals surface area contributed by atoms with E-state index in [1.807, 2.05) is 13.8 Å². The SMILES string of the molecule is COC(=O)C[C@H]1C(=O)NCCN1c1nc2ccccn2c(=O)c1/C=C1\SC(=S)N(CC(C)C)C1=O. The number of fused-ring (bicyclic) bond motifs is 1. The molecule has 184 valence electrons. The van der Waals surface area contributed by atoms with Gasteiger partial charge in [-0.3, -0.25) is 28.5 Å². The number of amides is 2. The van der Waals surface area contributed by atoms with E-state index in [9.17, 15) is 19.2 Å². The average Bonchev–Trinajstić information content (AvgIpc) is 3.09. The molecule has 0 spiro atoms. The molecule has 0 bridgehead atoms. The second-order valence-corrected chi connectivity index (χ2v) is 10.2. The second kappa shape index (κ2) is 10.2. The molecule has 4 heterocycles. The van der Waals surface area contributed by atoms with Crippen molar-refractivity contribution in [1.29, 1.82) is 0 Å². The van der Waals surface area contributed by atoms with Crippen molar-refractivity contribution in [3.8, 4) is 0 Å². The number of methoxy groups -OCH3 is 1. The van der Waals surface area contributed by atoms with Crippen molar-refractivity contribution in [1.82, 2.24) is 19.6 Å². The van der Waals surface area contributed by atoms with E-state index in [2.05, 4.69) is 10.3 Å². The number of thioether (sulfide) groups is 1. The van der Waals surface area contributed by atoms with E-state index in [0.29, 0.717) is 34.5 Å². The maximum Gasteiger partial charge on any atom is 0.308 e. The number of esters is 1. The van der Waals surface area contributed by atoms with Crippen LogP contribution in [-0.4, -0.2) is 69.2 Å². The molecule has 1 atom stereocenters. The fourth-order valence-corrected chi connectivity index (χ4v) is 5.26. The number of nitrogens with zero attached hydrogens (tertiary/aromatic N) is 4. The van der Waals surface area contributed by atoms with Crippen LogP contribution in [0.3, 0.4) is 0 Å². The van der Waals surface area contributed by atoms with Gasteiger partial charge in [0.25, 0.3) is 11.5 Å². The van der Waals surface area contributed by atoms with Crippen LogP contribution < -0.4 is 15.8 Å². The summed E-state index contributed by atoms with van der Waals surface area (Å²) in [6.45, 7) is 5.07. The first-order chi connectivity index (χ1) is 16.7. The van der Waals surface area contributed by atoms with Crippen LogP contribution in [0.15, 0.2) is 34.1 Å². The molecule has 2 aliphatic rings. The zero-order chi connectivity index (χ0) is 25.3. The third-order valence-corrected chi connectivity index (χ3v) is 7.01. The zero-order valence-corrected chi connectivity index (χ0v) is 21.1. The van der Waals surface area contributed by atoms with Crippen LogP contribution in [0, 0.1) is 5.92 Å². The number of carbonyl (C=O) groups excluding carboxylic acids is 3. The first-order valence-corrected chi connectivity index (χ1v) is 12.3. The molecule has 0 saturated carbocycles. The van der Waals surface area contributed by atoms with Gasteiger partial charge < -0.3 is 15.0 Å². The fraction of sp³-hybridized carbons (Fsp3) is 0.391. The highest BCUT2D eigenvalue weighted by molar-refractivity contribution is 8.26. The molecule has 2 amide bonds. The smallest absolute Gasteiger partial charge is 0.308 e. The average molecular weight is 516 g/mol. The Balaban J connectivity index is 1.87. The lowest BCUT2D eigenvalue weighted by atomic mass is 10.1. The Morgan fingerprint density at radius 2 is 2.11 bits per heavy atom. The molecule has 10 nitrogen and oxygen atoms in total. The molecule has 2 aromatic heterocycles. The Labute approximate surface area is 211 Å². The summed E-state index contributed by atoms with van der Waals surface area (Å²) in [5, 5.41) is 2.75. The van der Waals surface area contributed by atoms with Crippen molar-refractivity contribution >= 4 is 63.6 Å². The number of aromatic nitrogens is 2. The summed E-state index contributed by atoms with van der Waals surface area (Å²) in [6.07, 6.45) is 2.87.